The highest BCUT2D eigenvalue weighted by Gasteiger charge is 2.61. The standard InChI is InChI=1S/C31H37F3N6O3/c32-31(33,34)43-25-4-2-1-3-19(25)16-36-28-37-17-22(15-35)27(40-28)38-18-29-13-20-11-23(29)12-21(14-29)26(20)39-24-5-7-30(8-6-24)41-9-10-42-30/h1-4,17,20-21,23-24,26,39H,5-14,16,18H2,(H2,36,37,38,40)/t20-,21+,23?,26-,29?. The summed E-state index contributed by atoms with van der Waals surface area (Å²) in [6.45, 7) is 2.19. The molecule has 6 aliphatic rings. The van der Waals surface area contributed by atoms with Crippen molar-refractivity contribution in [1.29, 1.82) is 5.26 Å². The first-order chi connectivity index (χ1) is 20.7. The Morgan fingerprint density at radius 2 is 1.77 bits per heavy atom. The van der Waals surface area contributed by atoms with Gasteiger partial charge in [0.2, 0.25) is 5.95 Å². The predicted octanol–water partition coefficient (Wildman–Crippen LogP) is 5.35. The number of halogens is 3. The third kappa shape index (κ3) is 5.75. The van der Waals surface area contributed by atoms with Gasteiger partial charge in [0, 0.05) is 43.6 Å². The van der Waals surface area contributed by atoms with E-state index in [4.69, 9.17) is 9.47 Å². The molecule has 2 heterocycles. The van der Waals surface area contributed by atoms with E-state index in [9.17, 15) is 18.4 Å². The quantitative estimate of drug-likeness (QED) is 0.352. The SMILES string of the molecule is N#Cc1cnc(NCc2ccccc2OC(F)(F)F)nc1NCC12C[C@H]3CC1C[C@@H](C2)[C@@H]3NC1CCC2(CC1)OCCO2. The van der Waals surface area contributed by atoms with E-state index < -0.39 is 6.36 Å². The van der Waals surface area contributed by atoms with Crippen LogP contribution in [0.25, 0.3) is 0 Å². The van der Waals surface area contributed by atoms with Gasteiger partial charge in [-0.25, -0.2) is 4.98 Å². The summed E-state index contributed by atoms with van der Waals surface area (Å²) in [6, 6.07) is 9.19. The minimum Gasteiger partial charge on any atom is -0.405 e. The second-order valence-electron chi connectivity index (χ2n) is 13.0. The minimum absolute atomic E-state index is 0.0311. The number of benzene rings is 1. The third-order valence-corrected chi connectivity index (χ3v) is 10.5. The molecule has 1 aromatic heterocycles. The zero-order valence-electron chi connectivity index (χ0n) is 24.0. The molecule has 5 saturated carbocycles. The number of rotatable bonds is 9. The molecule has 2 unspecified atom stereocenters. The van der Waals surface area contributed by atoms with E-state index in [2.05, 4.69) is 36.7 Å². The van der Waals surface area contributed by atoms with Gasteiger partial charge in [-0.05, 0) is 67.8 Å². The number of ether oxygens (including phenoxy) is 3. The van der Waals surface area contributed by atoms with Crippen LogP contribution in [0.3, 0.4) is 0 Å². The van der Waals surface area contributed by atoms with Gasteiger partial charge in [-0.3, -0.25) is 0 Å². The molecule has 9 nitrogen and oxygen atoms in total. The van der Waals surface area contributed by atoms with E-state index >= 15 is 0 Å². The van der Waals surface area contributed by atoms with Gasteiger partial charge in [-0.15, -0.1) is 13.2 Å². The van der Waals surface area contributed by atoms with E-state index in [0.29, 0.717) is 60.0 Å². The molecule has 4 bridgehead atoms. The Hall–Kier alpha value is -3.14. The van der Waals surface area contributed by atoms with Gasteiger partial charge in [0.25, 0.3) is 0 Å². The number of para-hydroxylation sites is 1. The summed E-state index contributed by atoms with van der Waals surface area (Å²) in [5, 5.41) is 20.2. The molecule has 8 rings (SSSR count). The number of aromatic nitrogens is 2. The molecule has 5 atom stereocenters. The molecule has 0 amide bonds. The van der Waals surface area contributed by atoms with Crippen LogP contribution >= 0.6 is 0 Å². The number of alkyl halides is 3. The number of nitrogens with one attached hydrogen (secondary N) is 3. The first kappa shape index (κ1) is 28.6. The minimum atomic E-state index is -4.79. The summed E-state index contributed by atoms with van der Waals surface area (Å²) < 4.78 is 54.4. The first-order valence-electron chi connectivity index (χ1n) is 15.4. The molecule has 1 saturated heterocycles. The summed E-state index contributed by atoms with van der Waals surface area (Å²) in [7, 11) is 0. The number of nitriles is 1. The molecule has 1 aromatic carbocycles. The monoisotopic (exact) mass is 598 g/mol. The normalized spacial score (nSPS) is 30.9. The largest absolute Gasteiger partial charge is 0.573 e. The van der Waals surface area contributed by atoms with E-state index in [1.165, 1.54) is 31.2 Å². The highest BCUT2D eigenvalue weighted by atomic mass is 19.4. The summed E-state index contributed by atoms with van der Waals surface area (Å²) in [5.74, 6) is 2.05. The zero-order chi connectivity index (χ0) is 29.7. The molecule has 43 heavy (non-hydrogen) atoms. The van der Waals surface area contributed by atoms with Gasteiger partial charge in [-0.2, -0.15) is 10.2 Å². The lowest BCUT2D eigenvalue weighted by Gasteiger charge is -2.43. The van der Waals surface area contributed by atoms with Gasteiger partial charge in [0.05, 0.1) is 19.4 Å². The van der Waals surface area contributed by atoms with E-state index in [1.807, 2.05) is 0 Å². The summed E-state index contributed by atoms with van der Waals surface area (Å²) in [5.41, 5.74) is 0.844. The van der Waals surface area contributed by atoms with Crippen molar-refractivity contribution in [2.24, 2.45) is 23.2 Å². The predicted molar refractivity (Wildman–Crippen MR) is 151 cm³/mol. The average molecular weight is 599 g/mol. The number of hydrogen-bond acceptors (Lipinski definition) is 9. The van der Waals surface area contributed by atoms with Crippen molar-refractivity contribution in [3.8, 4) is 11.8 Å². The lowest BCUT2D eigenvalue weighted by molar-refractivity contribution is -0.274. The molecule has 1 spiro atoms. The fourth-order valence-corrected chi connectivity index (χ4v) is 8.72. The van der Waals surface area contributed by atoms with Gasteiger partial charge in [0.15, 0.2) is 5.79 Å². The fourth-order valence-electron chi connectivity index (χ4n) is 8.72. The molecular weight excluding hydrogens is 561 g/mol. The van der Waals surface area contributed by atoms with Crippen molar-refractivity contribution < 1.29 is 27.4 Å². The van der Waals surface area contributed by atoms with Crippen LogP contribution in [0.1, 0.15) is 62.5 Å². The van der Waals surface area contributed by atoms with Crippen LogP contribution < -0.4 is 20.7 Å². The van der Waals surface area contributed by atoms with Crippen LogP contribution in [0.2, 0.25) is 0 Å². The van der Waals surface area contributed by atoms with Crippen LogP contribution in [-0.4, -0.2) is 54.0 Å². The molecule has 3 N–H and O–H groups in total. The second-order valence-corrected chi connectivity index (χ2v) is 13.0. The van der Waals surface area contributed by atoms with Crippen LogP contribution in [0, 0.1) is 34.5 Å². The van der Waals surface area contributed by atoms with Gasteiger partial charge < -0.3 is 30.2 Å². The Kier molecular flexibility index (Phi) is 7.38. The maximum Gasteiger partial charge on any atom is 0.573 e. The Bertz CT molecular complexity index is 1350. The molecule has 12 heteroatoms. The van der Waals surface area contributed by atoms with Crippen LogP contribution in [0.4, 0.5) is 24.9 Å². The molecule has 6 fully saturated rings. The highest BCUT2D eigenvalue weighted by molar-refractivity contribution is 5.54. The van der Waals surface area contributed by atoms with Crippen LogP contribution in [-0.2, 0) is 16.0 Å². The summed E-state index contributed by atoms with van der Waals surface area (Å²) in [4.78, 5) is 8.75. The molecule has 1 aliphatic heterocycles. The van der Waals surface area contributed by atoms with Crippen LogP contribution in [0.15, 0.2) is 30.5 Å². The second kappa shape index (κ2) is 11.1. The molecular formula is C31H37F3N6O3. The van der Waals surface area contributed by atoms with Crippen molar-refractivity contribution >= 4 is 11.8 Å². The van der Waals surface area contributed by atoms with E-state index in [1.54, 1.807) is 12.1 Å². The van der Waals surface area contributed by atoms with Crippen molar-refractivity contribution in [2.45, 2.75) is 82.1 Å². The van der Waals surface area contributed by atoms with Crippen molar-refractivity contribution in [3.63, 3.8) is 0 Å². The third-order valence-electron chi connectivity index (χ3n) is 10.5. The maximum atomic E-state index is 12.8. The van der Waals surface area contributed by atoms with Gasteiger partial charge in [-0.1, -0.05) is 18.2 Å². The lowest BCUT2D eigenvalue weighted by atomic mass is 9.72. The molecule has 0 radical (unpaired) electrons. The Morgan fingerprint density at radius 1 is 1.05 bits per heavy atom. The van der Waals surface area contributed by atoms with Crippen molar-refractivity contribution in [3.05, 3.63) is 41.6 Å². The molecule has 230 valence electrons. The smallest absolute Gasteiger partial charge is 0.405 e. The van der Waals surface area contributed by atoms with E-state index in [0.717, 1.165) is 45.1 Å². The summed E-state index contributed by atoms with van der Waals surface area (Å²) in [6.07, 6.45) is 5.57. The number of hydrogen-bond donors (Lipinski definition) is 3. The topological polar surface area (TPSA) is 113 Å². The fraction of sp³-hybridized carbons (Fsp3) is 0.645. The number of nitrogens with zero attached hydrogens (tertiary/aromatic N) is 3. The van der Waals surface area contributed by atoms with E-state index in [-0.39, 0.29) is 29.4 Å². The van der Waals surface area contributed by atoms with Gasteiger partial charge >= 0.3 is 6.36 Å². The molecule has 2 aromatic rings. The highest BCUT2D eigenvalue weighted by Crippen LogP contribution is 2.65. The Labute approximate surface area is 248 Å². The summed E-state index contributed by atoms with van der Waals surface area (Å²) >= 11 is 0. The maximum absolute atomic E-state index is 12.8. The van der Waals surface area contributed by atoms with Gasteiger partial charge in [0.1, 0.15) is 23.2 Å². The number of anilines is 2. The van der Waals surface area contributed by atoms with Crippen molar-refractivity contribution in [2.75, 3.05) is 30.4 Å². The molecule has 5 aliphatic carbocycles. The Balaban J connectivity index is 0.965. The average Bonchev–Trinajstić information content (AvgIpc) is 3.64. The zero-order valence-corrected chi connectivity index (χ0v) is 24.0. The lowest BCUT2D eigenvalue weighted by Crippen LogP contribution is -2.52. The first-order valence-corrected chi connectivity index (χ1v) is 15.4. The van der Waals surface area contributed by atoms with Crippen molar-refractivity contribution in [1.82, 2.24) is 15.3 Å². The van der Waals surface area contributed by atoms with Crippen LogP contribution in [0.5, 0.6) is 5.75 Å². The Morgan fingerprint density at radius 3 is 2.47 bits per heavy atom.